The van der Waals surface area contributed by atoms with Crippen molar-refractivity contribution in [2.45, 2.75) is 18.9 Å². The zero-order chi connectivity index (χ0) is 18.5. The van der Waals surface area contributed by atoms with Crippen LogP contribution in [0.4, 0.5) is 0 Å². The zero-order valence-corrected chi connectivity index (χ0v) is 14.4. The minimum atomic E-state index is -0.439. The number of carbonyl (C=O) groups is 3. The molecule has 1 aliphatic heterocycles. The molecule has 1 aromatic carbocycles. The maximum absolute atomic E-state index is 12.3. The van der Waals surface area contributed by atoms with E-state index in [9.17, 15) is 14.4 Å². The van der Waals surface area contributed by atoms with Crippen LogP contribution in [0.25, 0.3) is 0 Å². The van der Waals surface area contributed by atoms with Crippen LogP contribution < -0.4 is 5.32 Å². The monoisotopic (exact) mass is 356 g/mol. The van der Waals surface area contributed by atoms with Crippen LogP contribution in [0.3, 0.4) is 0 Å². The highest BCUT2D eigenvalue weighted by Crippen LogP contribution is 2.15. The van der Waals surface area contributed by atoms with Crippen LogP contribution in [0.15, 0.2) is 47.1 Å². The summed E-state index contributed by atoms with van der Waals surface area (Å²) >= 11 is 0. The van der Waals surface area contributed by atoms with Crippen molar-refractivity contribution < 1.29 is 23.5 Å². The standard InChI is InChI=1S/C19H20N2O5/c1-25-19(24)14-6-4-13(5-7-14)17(22)20-15-8-10-21(11-9-15)18(23)16-3-2-12-26-16/h2-7,12,15H,8-11H2,1H3,(H,20,22). The number of furan rings is 1. The first-order valence-corrected chi connectivity index (χ1v) is 8.40. The van der Waals surface area contributed by atoms with Crippen molar-refractivity contribution in [3.8, 4) is 0 Å². The number of piperidine rings is 1. The fourth-order valence-electron chi connectivity index (χ4n) is 2.93. The molecular formula is C19H20N2O5. The SMILES string of the molecule is COC(=O)c1ccc(C(=O)NC2CCN(C(=O)c3ccco3)CC2)cc1. The number of esters is 1. The summed E-state index contributed by atoms with van der Waals surface area (Å²) in [7, 11) is 1.31. The molecule has 2 amide bonds. The van der Waals surface area contributed by atoms with Crippen molar-refractivity contribution in [3.63, 3.8) is 0 Å². The summed E-state index contributed by atoms with van der Waals surface area (Å²) in [6.07, 6.45) is 2.84. The second kappa shape index (κ2) is 7.86. The Kier molecular flexibility index (Phi) is 5.36. The number of benzene rings is 1. The summed E-state index contributed by atoms with van der Waals surface area (Å²) < 4.78 is 9.77. The lowest BCUT2D eigenvalue weighted by Gasteiger charge is -2.31. The molecule has 0 atom stereocenters. The summed E-state index contributed by atoms with van der Waals surface area (Å²) in [5.74, 6) is -0.431. The molecule has 3 rings (SSSR count). The van der Waals surface area contributed by atoms with E-state index in [1.807, 2.05) is 0 Å². The van der Waals surface area contributed by atoms with Gasteiger partial charge in [0.25, 0.3) is 11.8 Å². The lowest BCUT2D eigenvalue weighted by Crippen LogP contribution is -2.46. The molecule has 1 aromatic heterocycles. The third-order valence-electron chi connectivity index (χ3n) is 4.42. The van der Waals surface area contributed by atoms with E-state index in [0.29, 0.717) is 42.8 Å². The highest BCUT2D eigenvalue weighted by atomic mass is 16.5. The summed E-state index contributed by atoms with van der Waals surface area (Å²) in [6.45, 7) is 1.12. The normalized spacial score (nSPS) is 14.7. The van der Waals surface area contributed by atoms with Gasteiger partial charge in [-0.15, -0.1) is 0 Å². The molecule has 7 heteroatoms. The highest BCUT2D eigenvalue weighted by Gasteiger charge is 2.26. The van der Waals surface area contributed by atoms with Crippen molar-refractivity contribution in [2.75, 3.05) is 20.2 Å². The average molecular weight is 356 g/mol. The fourth-order valence-corrected chi connectivity index (χ4v) is 2.93. The Hall–Kier alpha value is -3.09. The zero-order valence-electron chi connectivity index (χ0n) is 14.4. The van der Waals surface area contributed by atoms with Gasteiger partial charge in [0, 0.05) is 24.7 Å². The Labute approximate surface area is 150 Å². The van der Waals surface area contributed by atoms with Gasteiger partial charge in [0.05, 0.1) is 18.9 Å². The number of nitrogens with one attached hydrogen (secondary N) is 1. The second-order valence-corrected chi connectivity index (χ2v) is 6.09. The molecular weight excluding hydrogens is 336 g/mol. The maximum atomic E-state index is 12.3. The van der Waals surface area contributed by atoms with Gasteiger partial charge in [-0.25, -0.2) is 4.79 Å². The second-order valence-electron chi connectivity index (χ2n) is 6.09. The molecule has 136 valence electrons. The number of ether oxygens (including phenoxy) is 1. The number of methoxy groups -OCH3 is 1. The van der Waals surface area contributed by atoms with Crippen molar-refractivity contribution in [1.82, 2.24) is 10.2 Å². The minimum absolute atomic E-state index is 0.00318. The molecule has 2 aromatic rings. The Morgan fingerprint density at radius 1 is 1.08 bits per heavy atom. The van der Waals surface area contributed by atoms with Crippen molar-refractivity contribution in [1.29, 1.82) is 0 Å². The Bertz CT molecular complexity index is 775. The van der Waals surface area contributed by atoms with E-state index in [4.69, 9.17) is 4.42 Å². The predicted molar refractivity (Wildman–Crippen MR) is 92.9 cm³/mol. The van der Waals surface area contributed by atoms with Crippen LogP contribution in [0, 0.1) is 0 Å². The smallest absolute Gasteiger partial charge is 0.337 e. The van der Waals surface area contributed by atoms with Gasteiger partial charge in [-0.05, 0) is 49.2 Å². The van der Waals surface area contributed by atoms with Gasteiger partial charge in [0.2, 0.25) is 0 Å². The first kappa shape index (κ1) is 17.7. The molecule has 7 nitrogen and oxygen atoms in total. The fraction of sp³-hybridized carbons (Fsp3) is 0.316. The largest absolute Gasteiger partial charge is 0.465 e. The maximum Gasteiger partial charge on any atom is 0.337 e. The van der Waals surface area contributed by atoms with E-state index < -0.39 is 5.97 Å². The van der Waals surface area contributed by atoms with Crippen LogP contribution in [0.2, 0.25) is 0 Å². The van der Waals surface area contributed by atoms with Gasteiger partial charge in [-0.3, -0.25) is 9.59 Å². The van der Waals surface area contributed by atoms with Gasteiger partial charge < -0.3 is 19.4 Å². The molecule has 0 spiro atoms. The molecule has 1 saturated heterocycles. The van der Waals surface area contributed by atoms with E-state index in [1.165, 1.54) is 13.4 Å². The van der Waals surface area contributed by atoms with Gasteiger partial charge in [0.15, 0.2) is 5.76 Å². The summed E-state index contributed by atoms with van der Waals surface area (Å²) in [6, 6.07) is 9.65. The highest BCUT2D eigenvalue weighted by molar-refractivity contribution is 5.96. The van der Waals surface area contributed by atoms with Crippen LogP contribution in [-0.2, 0) is 4.74 Å². The Balaban J connectivity index is 1.52. The summed E-state index contributed by atoms with van der Waals surface area (Å²) in [4.78, 5) is 37.7. The van der Waals surface area contributed by atoms with Gasteiger partial charge >= 0.3 is 5.97 Å². The molecule has 1 N–H and O–H groups in total. The molecule has 0 aliphatic carbocycles. The summed E-state index contributed by atoms with van der Waals surface area (Å²) in [5, 5.41) is 2.98. The molecule has 26 heavy (non-hydrogen) atoms. The van der Waals surface area contributed by atoms with Crippen LogP contribution >= 0.6 is 0 Å². The average Bonchev–Trinajstić information content (AvgIpc) is 3.22. The lowest BCUT2D eigenvalue weighted by molar-refractivity contribution is 0.0599. The summed E-state index contributed by atoms with van der Waals surface area (Å²) in [5.41, 5.74) is 0.876. The van der Waals surface area contributed by atoms with Gasteiger partial charge in [0.1, 0.15) is 0 Å². The van der Waals surface area contributed by atoms with Crippen molar-refractivity contribution >= 4 is 17.8 Å². The quantitative estimate of drug-likeness (QED) is 0.848. The molecule has 0 radical (unpaired) electrons. The van der Waals surface area contributed by atoms with Crippen molar-refractivity contribution in [3.05, 3.63) is 59.5 Å². The number of nitrogens with zero attached hydrogens (tertiary/aromatic N) is 1. The van der Waals surface area contributed by atoms with E-state index in [2.05, 4.69) is 10.1 Å². The third kappa shape index (κ3) is 3.93. The first-order valence-electron chi connectivity index (χ1n) is 8.40. The van der Waals surface area contributed by atoms with Crippen LogP contribution in [0.5, 0.6) is 0 Å². The molecule has 0 bridgehead atoms. The first-order chi connectivity index (χ1) is 12.6. The van der Waals surface area contributed by atoms with E-state index in [0.717, 1.165) is 0 Å². The number of carbonyl (C=O) groups excluding carboxylic acids is 3. The molecule has 1 fully saturated rings. The topological polar surface area (TPSA) is 88.9 Å². The van der Waals surface area contributed by atoms with Crippen LogP contribution in [0.1, 0.15) is 44.1 Å². The predicted octanol–water partition coefficient (Wildman–Crippen LogP) is 2.10. The van der Waals surface area contributed by atoms with E-state index in [1.54, 1.807) is 41.3 Å². The molecule has 0 unspecified atom stereocenters. The molecule has 0 saturated carbocycles. The number of hydrogen-bond acceptors (Lipinski definition) is 5. The Morgan fingerprint density at radius 2 is 1.73 bits per heavy atom. The van der Waals surface area contributed by atoms with Gasteiger partial charge in [-0.1, -0.05) is 0 Å². The molecule has 2 heterocycles. The number of likely N-dealkylation sites (tertiary alicyclic amines) is 1. The number of rotatable bonds is 4. The minimum Gasteiger partial charge on any atom is -0.465 e. The third-order valence-corrected chi connectivity index (χ3v) is 4.42. The van der Waals surface area contributed by atoms with Crippen LogP contribution in [-0.4, -0.2) is 48.9 Å². The number of hydrogen-bond donors (Lipinski definition) is 1. The lowest BCUT2D eigenvalue weighted by atomic mass is 10.0. The van der Waals surface area contributed by atoms with E-state index >= 15 is 0 Å². The van der Waals surface area contributed by atoms with Gasteiger partial charge in [-0.2, -0.15) is 0 Å². The Morgan fingerprint density at radius 3 is 2.31 bits per heavy atom. The number of amides is 2. The van der Waals surface area contributed by atoms with Crippen molar-refractivity contribution in [2.24, 2.45) is 0 Å². The van der Waals surface area contributed by atoms with E-state index in [-0.39, 0.29) is 17.9 Å². The molecule has 1 aliphatic rings.